The lowest BCUT2D eigenvalue weighted by molar-refractivity contribution is -0.141. The Labute approximate surface area is 168 Å². The highest BCUT2D eigenvalue weighted by molar-refractivity contribution is 6.34. The summed E-state index contributed by atoms with van der Waals surface area (Å²) in [5.74, 6) is 0.469. The molecule has 3 aromatic rings. The molecule has 0 saturated carbocycles. The van der Waals surface area contributed by atoms with E-state index in [-0.39, 0.29) is 12.1 Å². The number of pyridine rings is 2. The Morgan fingerprint density at radius 1 is 1.14 bits per heavy atom. The van der Waals surface area contributed by atoms with Crippen molar-refractivity contribution < 1.29 is 18.0 Å². The largest absolute Gasteiger partial charge is 0.434 e. The first kappa shape index (κ1) is 19.3. The SMILES string of the molecule is CC1c2nnc(-c3ccccn3)n2CCN1C(=O)c1ccnc(C(F)(F)F)c1Cl. The van der Waals surface area contributed by atoms with Crippen LogP contribution in [0.25, 0.3) is 11.5 Å². The van der Waals surface area contributed by atoms with Crippen molar-refractivity contribution in [1.82, 2.24) is 29.6 Å². The molecule has 4 heterocycles. The van der Waals surface area contributed by atoms with Gasteiger partial charge in [0.1, 0.15) is 5.69 Å². The maximum atomic E-state index is 13.1. The first-order chi connectivity index (χ1) is 13.8. The highest BCUT2D eigenvalue weighted by atomic mass is 35.5. The van der Waals surface area contributed by atoms with E-state index in [1.54, 1.807) is 25.3 Å². The molecule has 1 unspecified atom stereocenters. The van der Waals surface area contributed by atoms with Gasteiger partial charge in [0, 0.05) is 25.5 Å². The summed E-state index contributed by atoms with van der Waals surface area (Å²) >= 11 is 5.87. The highest BCUT2D eigenvalue weighted by Gasteiger charge is 2.38. The highest BCUT2D eigenvalue weighted by Crippen LogP contribution is 2.36. The topological polar surface area (TPSA) is 76.8 Å². The molecule has 0 aromatic carbocycles. The van der Waals surface area contributed by atoms with Crippen LogP contribution in [0.4, 0.5) is 13.2 Å². The molecule has 0 radical (unpaired) electrons. The Morgan fingerprint density at radius 2 is 1.93 bits per heavy atom. The van der Waals surface area contributed by atoms with Crippen molar-refractivity contribution in [3.63, 3.8) is 0 Å². The fourth-order valence-corrected chi connectivity index (χ4v) is 3.61. The molecule has 0 bridgehead atoms. The van der Waals surface area contributed by atoms with Gasteiger partial charge in [0.15, 0.2) is 17.3 Å². The van der Waals surface area contributed by atoms with E-state index in [1.807, 2.05) is 10.6 Å². The van der Waals surface area contributed by atoms with Crippen molar-refractivity contribution >= 4 is 17.5 Å². The molecule has 0 spiro atoms. The quantitative estimate of drug-likeness (QED) is 0.630. The van der Waals surface area contributed by atoms with Crippen LogP contribution < -0.4 is 0 Å². The van der Waals surface area contributed by atoms with Crippen LogP contribution in [0.1, 0.15) is 34.8 Å². The second-order valence-corrected chi connectivity index (χ2v) is 6.82. The molecule has 1 aliphatic heterocycles. The van der Waals surface area contributed by atoms with Crippen LogP contribution >= 0.6 is 11.6 Å². The third kappa shape index (κ3) is 3.33. The summed E-state index contributed by atoms with van der Waals surface area (Å²) in [5.41, 5.74) is -0.890. The van der Waals surface area contributed by atoms with Gasteiger partial charge in [-0.25, -0.2) is 0 Å². The lowest BCUT2D eigenvalue weighted by Gasteiger charge is -2.34. The molecule has 0 aliphatic carbocycles. The van der Waals surface area contributed by atoms with Crippen LogP contribution in [0, 0.1) is 0 Å². The fourth-order valence-electron chi connectivity index (χ4n) is 3.31. The van der Waals surface area contributed by atoms with Crippen LogP contribution in [0.2, 0.25) is 5.02 Å². The number of halogens is 4. The van der Waals surface area contributed by atoms with Crippen molar-refractivity contribution in [2.24, 2.45) is 0 Å². The minimum Gasteiger partial charge on any atom is -0.327 e. The second kappa shape index (κ2) is 7.11. The first-order valence-corrected chi connectivity index (χ1v) is 9.04. The normalized spacial score (nSPS) is 16.6. The molecule has 150 valence electrons. The number of hydrogen-bond acceptors (Lipinski definition) is 5. The van der Waals surface area contributed by atoms with Crippen molar-refractivity contribution in [3.8, 4) is 11.5 Å². The summed E-state index contributed by atoms with van der Waals surface area (Å²) < 4.78 is 41.1. The van der Waals surface area contributed by atoms with Crippen molar-refractivity contribution in [2.45, 2.75) is 25.7 Å². The lowest BCUT2D eigenvalue weighted by Crippen LogP contribution is -2.41. The predicted molar refractivity (Wildman–Crippen MR) is 97.0 cm³/mol. The van der Waals surface area contributed by atoms with E-state index in [0.717, 1.165) is 6.20 Å². The third-order valence-corrected chi connectivity index (χ3v) is 5.11. The zero-order valence-corrected chi connectivity index (χ0v) is 15.8. The van der Waals surface area contributed by atoms with Gasteiger partial charge in [0.25, 0.3) is 5.91 Å². The summed E-state index contributed by atoms with van der Waals surface area (Å²) in [7, 11) is 0. The molecule has 3 aromatic heterocycles. The zero-order valence-electron chi connectivity index (χ0n) is 15.1. The van der Waals surface area contributed by atoms with Gasteiger partial charge in [-0.05, 0) is 25.1 Å². The van der Waals surface area contributed by atoms with Crippen LogP contribution in [-0.4, -0.2) is 42.1 Å². The van der Waals surface area contributed by atoms with Gasteiger partial charge in [0.2, 0.25) is 0 Å². The number of nitrogens with zero attached hydrogens (tertiary/aromatic N) is 6. The number of aromatic nitrogens is 5. The Kier molecular flexibility index (Phi) is 4.73. The summed E-state index contributed by atoms with van der Waals surface area (Å²) in [6, 6.07) is 6.09. The van der Waals surface area contributed by atoms with E-state index in [2.05, 4.69) is 20.2 Å². The number of carbonyl (C=O) groups excluding carboxylic acids is 1. The smallest absolute Gasteiger partial charge is 0.327 e. The van der Waals surface area contributed by atoms with Gasteiger partial charge in [-0.15, -0.1) is 10.2 Å². The van der Waals surface area contributed by atoms with Gasteiger partial charge in [0.05, 0.1) is 16.6 Å². The van der Waals surface area contributed by atoms with E-state index >= 15 is 0 Å². The van der Waals surface area contributed by atoms with E-state index in [1.165, 1.54) is 11.0 Å². The minimum absolute atomic E-state index is 0.251. The molecule has 4 rings (SSSR count). The monoisotopic (exact) mass is 422 g/mol. The summed E-state index contributed by atoms with van der Waals surface area (Å²) in [5, 5.41) is 7.64. The molecule has 0 saturated heterocycles. The van der Waals surface area contributed by atoms with Gasteiger partial charge < -0.3 is 9.47 Å². The van der Waals surface area contributed by atoms with Crippen LogP contribution in [-0.2, 0) is 12.7 Å². The van der Waals surface area contributed by atoms with Crippen molar-refractivity contribution in [1.29, 1.82) is 0 Å². The van der Waals surface area contributed by atoms with Crippen LogP contribution in [0.15, 0.2) is 36.7 Å². The second-order valence-electron chi connectivity index (χ2n) is 6.44. The minimum atomic E-state index is -4.75. The molecule has 1 aliphatic rings. The predicted octanol–water partition coefficient (Wildman–Crippen LogP) is 3.62. The summed E-state index contributed by atoms with van der Waals surface area (Å²) in [4.78, 5) is 21.9. The summed E-state index contributed by atoms with van der Waals surface area (Å²) in [6.07, 6.45) is -2.18. The van der Waals surface area contributed by atoms with Crippen LogP contribution in [0.3, 0.4) is 0 Å². The van der Waals surface area contributed by atoms with Gasteiger partial charge in [-0.2, -0.15) is 13.2 Å². The molecule has 29 heavy (non-hydrogen) atoms. The average molecular weight is 423 g/mol. The molecule has 0 fully saturated rings. The molecule has 1 atom stereocenters. The molecular formula is C18H14ClF3N6O. The average Bonchev–Trinajstić information content (AvgIpc) is 3.13. The summed E-state index contributed by atoms with van der Waals surface area (Å²) in [6.45, 7) is 2.36. The van der Waals surface area contributed by atoms with Crippen LogP contribution in [0.5, 0.6) is 0 Å². The van der Waals surface area contributed by atoms with Gasteiger partial charge in [-0.1, -0.05) is 17.7 Å². The Morgan fingerprint density at radius 3 is 2.62 bits per heavy atom. The van der Waals surface area contributed by atoms with Crippen molar-refractivity contribution in [2.75, 3.05) is 6.54 Å². The van der Waals surface area contributed by atoms with Crippen molar-refractivity contribution in [3.05, 3.63) is 58.8 Å². The Bertz CT molecular complexity index is 1070. The number of rotatable bonds is 2. The third-order valence-electron chi connectivity index (χ3n) is 4.73. The molecule has 7 nitrogen and oxygen atoms in total. The Hall–Kier alpha value is -3.01. The Balaban J connectivity index is 1.66. The van der Waals surface area contributed by atoms with E-state index in [9.17, 15) is 18.0 Å². The molecular weight excluding hydrogens is 409 g/mol. The number of amides is 1. The van der Waals surface area contributed by atoms with E-state index < -0.39 is 28.8 Å². The lowest BCUT2D eigenvalue weighted by atomic mass is 10.1. The molecule has 0 N–H and O–H groups in total. The maximum Gasteiger partial charge on any atom is 0.434 e. The number of alkyl halides is 3. The van der Waals surface area contributed by atoms with E-state index in [0.29, 0.717) is 23.9 Å². The molecule has 11 heteroatoms. The number of hydrogen-bond donors (Lipinski definition) is 0. The first-order valence-electron chi connectivity index (χ1n) is 8.66. The maximum absolute atomic E-state index is 13.1. The number of carbonyl (C=O) groups is 1. The van der Waals surface area contributed by atoms with Gasteiger partial charge in [-0.3, -0.25) is 14.8 Å². The molecule has 1 amide bonds. The standard InChI is InChI=1S/C18H14ClF3N6O/c1-10-15-25-26-16(12-4-2-3-6-23-12)28(15)9-8-27(10)17(29)11-5-7-24-14(13(11)19)18(20,21)22/h2-7,10H,8-9H2,1H3. The van der Waals surface area contributed by atoms with E-state index in [4.69, 9.17) is 11.6 Å². The number of fused-ring (bicyclic) bond motifs is 1. The fraction of sp³-hybridized carbons (Fsp3) is 0.278. The zero-order chi connectivity index (χ0) is 20.8. The van der Waals surface area contributed by atoms with Gasteiger partial charge >= 0.3 is 6.18 Å².